The van der Waals surface area contributed by atoms with Crippen molar-refractivity contribution in [2.45, 2.75) is 18.7 Å². The minimum absolute atomic E-state index is 0.0415. The molecule has 0 saturated carbocycles. The number of aromatic nitrogens is 2. The number of aryl methyl sites for hydroxylation is 1. The van der Waals surface area contributed by atoms with Gasteiger partial charge in [-0.2, -0.15) is 0 Å². The SMILES string of the molecule is Cc1[nH]c(=O)c(-c2ccccc2)c(C)[n+]1-c1ccc(S(N)(=O)=O)cc1. The Hall–Kier alpha value is -2.77. The first-order chi connectivity index (χ1) is 11.8. The zero-order chi connectivity index (χ0) is 18.2. The van der Waals surface area contributed by atoms with Crippen molar-refractivity contribution in [3.63, 3.8) is 0 Å². The molecule has 128 valence electrons. The normalized spacial score (nSPS) is 11.5. The van der Waals surface area contributed by atoms with Crippen molar-refractivity contribution in [3.8, 4) is 16.8 Å². The molecule has 0 unspecified atom stereocenters. The third kappa shape index (κ3) is 3.24. The summed E-state index contributed by atoms with van der Waals surface area (Å²) in [6.45, 7) is 3.65. The van der Waals surface area contributed by atoms with Crippen LogP contribution in [0.5, 0.6) is 0 Å². The van der Waals surface area contributed by atoms with Crippen molar-refractivity contribution in [1.82, 2.24) is 4.98 Å². The Labute approximate surface area is 145 Å². The molecule has 0 aliphatic heterocycles. The molecular formula is C18H18N3O3S+. The molecule has 0 fully saturated rings. The third-order valence-corrected chi connectivity index (χ3v) is 4.97. The molecule has 25 heavy (non-hydrogen) atoms. The van der Waals surface area contributed by atoms with Crippen molar-refractivity contribution < 1.29 is 13.0 Å². The van der Waals surface area contributed by atoms with Gasteiger partial charge in [0.15, 0.2) is 0 Å². The molecule has 7 heteroatoms. The smallest absolute Gasteiger partial charge is 0.241 e. The van der Waals surface area contributed by atoms with Gasteiger partial charge in [0.05, 0.1) is 4.90 Å². The highest BCUT2D eigenvalue weighted by atomic mass is 32.2. The maximum absolute atomic E-state index is 12.5. The molecule has 0 atom stereocenters. The summed E-state index contributed by atoms with van der Waals surface area (Å²) >= 11 is 0. The Morgan fingerprint density at radius 1 is 0.960 bits per heavy atom. The first-order valence-corrected chi connectivity index (χ1v) is 9.18. The number of hydrogen-bond donors (Lipinski definition) is 2. The van der Waals surface area contributed by atoms with Crippen LogP contribution in [0.25, 0.3) is 16.8 Å². The predicted molar refractivity (Wildman–Crippen MR) is 94.9 cm³/mol. The average molecular weight is 356 g/mol. The average Bonchev–Trinajstić information content (AvgIpc) is 2.55. The predicted octanol–water partition coefficient (Wildman–Crippen LogP) is 1.58. The van der Waals surface area contributed by atoms with Gasteiger partial charge >= 0.3 is 5.56 Å². The number of primary sulfonamides is 1. The van der Waals surface area contributed by atoms with Crippen molar-refractivity contribution in [1.29, 1.82) is 0 Å². The zero-order valence-corrected chi connectivity index (χ0v) is 14.7. The van der Waals surface area contributed by atoms with E-state index >= 15 is 0 Å². The number of nitrogens with two attached hydrogens (primary N) is 1. The summed E-state index contributed by atoms with van der Waals surface area (Å²) < 4.78 is 24.7. The maximum Gasteiger partial charge on any atom is 0.343 e. The number of hydrogen-bond acceptors (Lipinski definition) is 3. The minimum Gasteiger partial charge on any atom is -0.241 e. The number of H-pyrrole nitrogens is 1. The van der Waals surface area contributed by atoms with Gasteiger partial charge in [0.25, 0.3) is 5.82 Å². The fraction of sp³-hybridized carbons (Fsp3) is 0.111. The van der Waals surface area contributed by atoms with E-state index in [0.29, 0.717) is 11.4 Å². The zero-order valence-electron chi connectivity index (χ0n) is 13.9. The largest absolute Gasteiger partial charge is 0.343 e. The first kappa shape index (κ1) is 17.1. The monoisotopic (exact) mass is 356 g/mol. The Kier molecular flexibility index (Phi) is 4.28. The fourth-order valence-electron chi connectivity index (χ4n) is 2.93. The fourth-order valence-corrected chi connectivity index (χ4v) is 3.44. The summed E-state index contributed by atoms with van der Waals surface area (Å²) in [5, 5.41) is 5.14. The van der Waals surface area contributed by atoms with Crippen LogP contribution in [0.3, 0.4) is 0 Å². The number of benzene rings is 2. The van der Waals surface area contributed by atoms with Crippen LogP contribution < -0.4 is 15.3 Å². The van der Waals surface area contributed by atoms with Crippen molar-refractivity contribution >= 4 is 10.0 Å². The lowest BCUT2D eigenvalue weighted by atomic mass is 10.1. The van der Waals surface area contributed by atoms with Gasteiger partial charge in [-0.05, 0) is 36.8 Å². The van der Waals surface area contributed by atoms with E-state index in [1.807, 2.05) is 41.8 Å². The molecule has 1 aromatic heterocycles. The summed E-state index contributed by atoms with van der Waals surface area (Å²) in [4.78, 5) is 15.4. The van der Waals surface area contributed by atoms with Gasteiger partial charge in [-0.1, -0.05) is 30.3 Å². The van der Waals surface area contributed by atoms with E-state index in [9.17, 15) is 13.2 Å². The Morgan fingerprint density at radius 2 is 1.56 bits per heavy atom. The lowest BCUT2D eigenvalue weighted by Gasteiger charge is -2.10. The quantitative estimate of drug-likeness (QED) is 0.697. The number of rotatable bonds is 3. The van der Waals surface area contributed by atoms with Gasteiger partial charge in [-0.15, -0.1) is 0 Å². The van der Waals surface area contributed by atoms with E-state index in [4.69, 9.17) is 5.14 Å². The number of nitrogens with zero attached hydrogens (tertiary/aromatic N) is 1. The maximum atomic E-state index is 12.5. The van der Waals surface area contributed by atoms with Gasteiger partial charge in [-0.3, -0.25) is 0 Å². The van der Waals surface area contributed by atoms with Crippen molar-refractivity contribution in [2.24, 2.45) is 5.14 Å². The van der Waals surface area contributed by atoms with E-state index in [2.05, 4.69) is 4.98 Å². The van der Waals surface area contributed by atoms with E-state index in [-0.39, 0.29) is 10.5 Å². The molecule has 0 aliphatic carbocycles. The van der Waals surface area contributed by atoms with Gasteiger partial charge in [-0.25, -0.2) is 27.9 Å². The van der Waals surface area contributed by atoms with E-state index in [0.717, 1.165) is 16.9 Å². The van der Waals surface area contributed by atoms with Crippen LogP contribution in [0.4, 0.5) is 0 Å². The molecule has 0 bridgehead atoms. The molecule has 0 saturated heterocycles. The molecule has 6 nitrogen and oxygen atoms in total. The Bertz CT molecular complexity index is 1090. The summed E-state index contributed by atoms with van der Waals surface area (Å²) in [6.07, 6.45) is 0. The van der Waals surface area contributed by atoms with E-state index in [1.54, 1.807) is 19.1 Å². The molecule has 0 aliphatic rings. The molecule has 3 rings (SSSR count). The van der Waals surface area contributed by atoms with Crippen LogP contribution in [0, 0.1) is 13.8 Å². The summed E-state index contributed by atoms with van der Waals surface area (Å²) in [7, 11) is -3.75. The van der Waals surface area contributed by atoms with Crippen LogP contribution in [0.1, 0.15) is 11.5 Å². The molecule has 3 aromatic rings. The second kappa shape index (κ2) is 6.27. The van der Waals surface area contributed by atoms with E-state index in [1.165, 1.54) is 12.1 Å². The topological polar surface area (TPSA) is 96.9 Å². The van der Waals surface area contributed by atoms with Crippen LogP contribution in [-0.4, -0.2) is 13.4 Å². The van der Waals surface area contributed by atoms with Crippen LogP contribution in [0.2, 0.25) is 0 Å². The van der Waals surface area contributed by atoms with E-state index < -0.39 is 10.0 Å². The lowest BCUT2D eigenvalue weighted by molar-refractivity contribution is -0.612. The minimum atomic E-state index is -3.75. The van der Waals surface area contributed by atoms with Gasteiger partial charge in [0.2, 0.25) is 10.0 Å². The van der Waals surface area contributed by atoms with Crippen LogP contribution >= 0.6 is 0 Å². The molecule has 3 N–H and O–H groups in total. The van der Waals surface area contributed by atoms with Crippen molar-refractivity contribution in [3.05, 3.63) is 76.5 Å². The lowest BCUT2D eigenvalue weighted by Crippen LogP contribution is -2.42. The second-order valence-corrected chi connectivity index (χ2v) is 7.30. The standard InChI is InChI=1S/C18H17N3O3S/c1-12-17(14-6-4-3-5-7-14)18(22)20-13(2)21(12)15-8-10-16(11-9-15)25(19,23)24/h3-11H,1-2H3,(H2,19,23,24)/p+1. The summed E-state index contributed by atoms with van der Waals surface area (Å²) in [6, 6.07) is 15.6. The highest BCUT2D eigenvalue weighted by Crippen LogP contribution is 2.18. The molecule has 0 radical (unpaired) electrons. The van der Waals surface area contributed by atoms with Crippen LogP contribution in [-0.2, 0) is 10.0 Å². The molecule has 0 spiro atoms. The second-order valence-electron chi connectivity index (χ2n) is 5.74. The molecule has 0 amide bonds. The molecular weight excluding hydrogens is 338 g/mol. The Morgan fingerprint density at radius 3 is 2.12 bits per heavy atom. The van der Waals surface area contributed by atoms with Gasteiger partial charge in [0.1, 0.15) is 16.9 Å². The first-order valence-electron chi connectivity index (χ1n) is 7.63. The number of aromatic amines is 1. The highest BCUT2D eigenvalue weighted by Gasteiger charge is 2.21. The van der Waals surface area contributed by atoms with Gasteiger partial charge < -0.3 is 0 Å². The molecule has 1 heterocycles. The number of nitrogens with one attached hydrogen (secondary N) is 1. The summed E-state index contributed by atoms with van der Waals surface area (Å²) in [5.41, 5.74) is 2.71. The Balaban J connectivity index is 2.22. The summed E-state index contributed by atoms with van der Waals surface area (Å²) in [5.74, 6) is 0.644. The van der Waals surface area contributed by atoms with Gasteiger partial charge in [0, 0.05) is 6.92 Å². The third-order valence-electron chi connectivity index (χ3n) is 4.04. The number of sulfonamides is 1. The molecule has 2 aromatic carbocycles. The van der Waals surface area contributed by atoms with Crippen molar-refractivity contribution in [2.75, 3.05) is 0 Å². The van der Waals surface area contributed by atoms with Crippen LogP contribution in [0.15, 0.2) is 64.3 Å². The highest BCUT2D eigenvalue weighted by molar-refractivity contribution is 7.89.